The van der Waals surface area contributed by atoms with Crippen LogP contribution in [-0.4, -0.2) is 23.7 Å². The van der Waals surface area contributed by atoms with Gasteiger partial charge in [0.05, 0.1) is 18.1 Å². The standard InChI is InChI=1S/C9H17NO2/c1-3-9(4-2)5-7(6-11)10-8(9)12/h7,11H,3-6H2,1-2H3,(H,10,12). The number of aliphatic hydroxyl groups is 1. The zero-order valence-electron chi connectivity index (χ0n) is 7.76. The Balaban J connectivity index is 2.72. The Kier molecular flexibility index (Phi) is 2.73. The molecule has 1 fully saturated rings. The summed E-state index contributed by atoms with van der Waals surface area (Å²) >= 11 is 0. The summed E-state index contributed by atoms with van der Waals surface area (Å²) in [5.74, 6) is 0.117. The first-order valence-corrected chi connectivity index (χ1v) is 4.60. The molecule has 1 aliphatic rings. The first-order chi connectivity index (χ1) is 5.68. The number of aliphatic hydroxyl groups excluding tert-OH is 1. The van der Waals surface area contributed by atoms with Crippen molar-refractivity contribution in [1.82, 2.24) is 5.32 Å². The number of amides is 1. The number of hydrogen-bond donors (Lipinski definition) is 2. The van der Waals surface area contributed by atoms with Gasteiger partial charge in [-0.1, -0.05) is 13.8 Å². The van der Waals surface area contributed by atoms with Crippen molar-refractivity contribution in [3.05, 3.63) is 0 Å². The largest absolute Gasteiger partial charge is 0.394 e. The lowest BCUT2D eigenvalue weighted by Gasteiger charge is -2.21. The van der Waals surface area contributed by atoms with Crippen LogP contribution in [0.2, 0.25) is 0 Å². The molecule has 1 amide bonds. The Labute approximate surface area is 73.2 Å². The highest BCUT2D eigenvalue weighted by Gasteiger charge is 2.43. The van der Waals surface area contributed by atoms with Crippen molar-refractivity contribution >= 4 is 5.91 Å². The van der Waals surface area contributed by atoms with Crippen molar-refractivity contribution < 1.29 is 9.90 Å². The topological polar surface area (TPSA) is 49.3 Å². The van der Waals surface area contributed by atoms with E-state index in [1.807, 2.05) is 13.8 Å². The Morgan fingerprint density at radius 2 is 2.17 bits per heavy atom. The van der Waals surface area contributed by atoms with Crippen LogP contribution in [0.4, 0.5) is 0 Å². The molecule has 0 bridgehead atoms. The summed E-state index contributed by atoms with van der Waals surface area (Å²) in [5.41, 5.74) is -0.201. The highest BCUT2D eigenvalue weighted by molar-refractivity contribution is 5.85. The van der Waals surface area contributed by atoms with Crippen LogP contribution in [0.5, 0.6) is 0 Å². The molecule has 0 aromatic carbocycles. The maximum Gasteiger partial charge on any atom is 0.226 e. The van der Waals surface area contributed by atoms with Gasteiger partial charge in [-0.15, -0.1) is 0 Å². The molecule has 70 valence electrons. The zero-order valence-corrected chi connectivity index (χ0v) is 7.76. The van der Waals surface area contributed by atoms with Crippen LogP contribution in [0.25, 0.3) is 0 Å². The minimum Gasteiger partial charge on any atom is -0.394 e. The molecular formula is C9H17NO2. The number of hydrogen-bond acceptors (Lipinski definition) is 2. The van der Waals surface area contributed by atoms with Gasteiger partial charge in [0.25, 0.3) is 0 Å². The van der Waals surface area contributed by atoms with Gasteiger partial charge >= 0.3 is 0 Å². The van der Waals surface area contributed by atoms with Crippen molar-refractivity contribution in [1.29, 1.82) is 0 Å². The maximum absolute atomic E-state index is 11.5. The van der Waals surface area contributed by atoms with E-state index >= 15 is 0 Å². The van der Waals surface area contributed by atoms with Gasteiger partial charge in [0.1, 0.15) is 0 Å². The predicted octanol–water partition coefficient (Wildman–Crippen LogP) is 0.674. The quantitative estimate of drug-likeness (QED) is 0.656. The average Bonchev–Trinajstić information content (AvgIpc) is 2.43. The molecule has 0 spiro atoms. The van der Waals surface area contributed by atoms with Crippen LogP contribution < -0.4 is 5.32 Å². The van der Waals surface area contributed by atoms with Gasteiger partial charge in [-0.3, -0.25) is 4.79 Å². The summed E-state index contributed by atoms with van der Waals surface area (Å²) in [4.78, 5) is 11.5. The summed E-state index contributed by atoms with van der Waals surface area (Å²) in [6, 6.07) is -0.0163. The molecule has 12 heavy (non-hydrogen) atoms. The van der Waals surface area contributed by atoms with Crippen molar-refractivity contribution in [3.8, 4) is 0 Å². The number of nitrogens with one attached hydrogen (secondary N) is 1. The molecule has 1 heterocycles. The Morgan fingerprint density at radius 3 is 2.42 bits per heavy atom. The van der Waals surface area contributed by atoms with Crippen molar-refractivity contribution in [2.45, 2.75) is 39.2 Å². The summed E-state index contributed by atoms with van der Waals surface area (Å²) in [6.07, 6.45) is 2.52. The third-order valence-electron chi connectivity index (χ3n) is 3.03. The summed E-state index contributed by atoms with van der Waals surface area (Å²) < 4.78 is 0. The minimum absolute atomic E-state index is 0.0163. The first kappa shape index (κ1) is 9.52. The van der Waals surface area contributed by atoms with E-state index in [2.05, 4.69) is 5.32 Å². The van der Waals surface area contributed by atoms with Gasteiger partial charge in [-0.05, 0) is 19.3 Å². The second kappa shape index (κ2) is 3.44. The van der Waals surface area contributed by atoms with Gasteiger partial charge in [-0.25, -0.2) is 0 Å². The molecule has 1 atom stereocenters. The lowest BCUT2D eigenvalue weighted by atomic mass is 9.80. The van der Waals surface area contributed by atoms with E-state index in [9.17, 15) is 4.79 Å². The third-order valence-corrected chi connectivity index (χ3v) is 3.03. The molecule has 1 rings (SSSR count). The van der Waals surface area contributed by atoms with Crippen LogP contribution in [0.15, 0.2) is 0 Å². The van der Waals surface area contributed by atoms with E-state index < -0.39 is 0 Å². The number of rotatable bonds is 3. The van der Waals surface area contributed by atoms with E-state index in [0.29, 0.717) is 0 Å². The third kappa shape index (κ3) is 1.33. The van der Waals surface area contributed by atoms with Gasteiger partial charge in [0.2, 0.25) is 5.91 Å². The van der Waals surface area contributed by atoms with E-state index in [4.69, 9.17) is 5.11 Å². The minimum atomic E-state index is -0.201. The van der Waals surface area contributed by atoms with Gasteiger partial charge in [-0.2, -0.15) is 0 Å². The molecule has 0 aliphatic carbocycles. The van der Waals surface area contributed by atoms with Crippen molar-refractivity contribution in [3.63, 3.8) is 0 Å². The molecule has 3 heteroatoms. The number of carbonyl (C=O) groups excluding carboxylic acids is 1. The van der Waals surface area contributed by atoms with Gasteiger partial charge < -0.3 is 10.4 Å². The lowest BCUT2D eigenvalue weighted by Crippen LogP contribution is -2.32. The number of carbonyl (C=O) groups is 1. The molecule has 1 unspecified atom stereocenters. The molecule has 3 nitrogen and oxygen atoms in total. The van der Waals surface area contributed by atoms with E-state index in [1.165, 1.54) is 0 Å². The Morgan fingerprint density at radius 1 is 1.58 bits per heavy atom. The summed E-state index contributed by atoms with van der Waals surface area (Å²) in [5, 5.41) is 11.7. The second-order valence-electron chi connectivity index (χ2n) is 3.54. The van der Waals surface area contributed by atoms with E-state index in [1.54, 1.807) is 0 Å². The highest BCUT2D eigenvalue weighted by Crippen LogP contribution is 2.36. The molecular weight excluding hydrogens is 154 g/mol. The molecule has 0 radical (unpaired) electrons. The van der Waals surface area contributed by atoms with Gasteiger partial charge in [0.15, 0.2) is 0 Å². The molecule has 0 saturated carbocycles. The fourth-order valence-corrected chi connectivity index (χ4v) is 1.92. The van der Waals surface area contributed by atoms with Crippen molar-refractivity contribution in [2.24, 2.45) is 5.41 Å². The zero-order chi connectivity index (χ0) is 9.19. The smallest absolute Gasteiger partial charge is 0.226 e. The first-order valence-electron chi connectivity index (χ1n) is 4.60. The van der Waals surface area contributed by atoms with E-state index in [-0.39, 0.29) is 24.0 Å². The normalized spacial score (nSPS) is 27.2. The predicted molar refractivity (Wildman–Crippen MR) is 46.6 cm³/mol. The summed E-state index contributed by atoms with van der Waals surface area (Å²) in [6.45, 7) is 4.12. The molecule has 1 aliphatic heterocycles. The molecule has 0 aromatic rings. The Bertz CT molecular complexity index is 175. The van der Waals surface area contributed by atoms with Crippen molar-refractivity contribution in [2.75, 3.05) is 6.61 Å². The highest BCUT2D eigenvalue weighted by atomic mass is 16.3. The fraction of sp³-hybridized carbons (Fsp3) is 0.889. The van der Waals surface area contributed by atoms with E-state index in [0.717, 1.165) is 19.3 Å². The maximum atomic E-state index is 11.5. The molecule has 0 aromatic heterocycles. The van der Waals surface area contributed by atoms with Crippen LogP contribution >= 0.6 is 0 Å². The van der Waals surface area contributed by atoms with Crippen LogP contribution in [0.1, 0.15) is 33.1 Å². The lowest BCUT2D eigenvalue weighted by molar-refractivity contribution is -0.128. The molecule has 1 saturated heterocycles. The SMILES string of the molecule is CCC1(CC)CC(CO)NC1=O. The van der Waals surface area contributed by atoms with Crippen LogP contribution in [0, 0.1) is 5.41 Å². The van der Waals surface area contributed by atoms with Crippen LogP contribution in [-0.2, 0) is 4.79 Å². The monoisotopic (exact) mass is 171 g/mol. The average molecular weight is 171 g/mol. The second-order valence-corrected chi connectivity index (χ2v) is 3.54. The fourth-order valence-electron chi connectivity index (χ4n) is 1.92. The molecule has 2 N–H and O–H groups in total. The van der Waals surface area contributed by atoms with Crippen LogP contribution in [0.3, 0.4) is 0 Å². The summed E-state index contributed by atoms with van der Waals surface area (Å²) in [7, 11) is 0. The van der Waals surface area contributed by atoms with Gasteiger partial charge in [0, 0.05) is 0 Å². The Hall–Kier alpha value is -0.570.